The molecule has 0 bridgehead atoms. The van der Waals surface area contributed by atoms with Crippen molar-refractivity contribution in [2.24, 2.45) is 0 Å². The van der Waals surface area contributed by atoms with E-state index in [1.54, 1.807) is 6.07 Å². The Hall–Kier alpha value is -2.36. The molecule has 1 aromatic carbocycles. The molecule has 1 saturated heterocycles. The minimum Gasteiger partial charge on any atom is -0.387 e. The Morgan fingerprint density at radius 1 is 1.37 bits per heavy atom. The maximum atomic E-state index is 14.3. The van der Waals surface area contributed by atoms with E-state index in [-0.39, 0.29) is 24.7 Å². The van der Waals surface area contributed by atoms with Crippen molar-refractivity contribution < 1.29 is 24.0 Å². The molecule has 4 rings (SSSR count). The van der Waals surface area contributed by atoms with Crippen LogP contribution in [0.3, 0.4) is 0 Å². The molecule has 3 aliphatic rings. The van der Waals surface area contributed by atoms with Gasteiger partial charge in [-0.25, -0.2) is 4.39 Å². The first kappa shape index (κ1) is 20.9. The topological polar surface area (TPSA) is 96.2 Å². The number of nitrogens with zero attached hydrogens (tertiary/aromatic N) is 3. The van der Waals surface area contributed by atoms with Crippen LogP contribution in [-0.2, 0) is 11.3 Å². The largest absolute Gasteiger partial charge is 0.387 e. The number of alkyl halides is 1. The fourth-order valence-electron chi connectivity index (χ4n) is 4.08. The predicted molar refractivity (Wildman–Crippen MR) is 108 cm³/mol. The van der Waals surface area contributed by atoms with Crippen molar-refractivity contribution >= 4 is 17.2 Å². The molecular weight excluding hydrogens is 393 g/mol. The summed E-state index contributed by atoms with van der Waals surface area (Å²) in [5, 5.41) is 21.6. The number of ether oxygens (including phenoxy) is 1. The first-order valence-electron chi connectivity index (χ1n) is 10.1. The Kier molecular flexibility index (Phi) is 5.37. The molecule has 9 heteroatoms. The van der Waals surface area contributed by atoms with Crippen LogP contribution in [0.15, 0.2) is 18.2 Å². The summed E-state index contributed by atoms with van der Waals surface area (Å²) in [5.41, 5.74) is 0.591. The Bertz CT molecular complexity index is 907. The number of carbonyl (C=O) groups is 1. The van der Waals surface area contributed by atoms with Gasteiger partial charge in [0.15, 0.2) is 0 Å². The van der Waals surface area contributed by atoms with Crippen LogP contribution in [0.25, 0.3) is 5.57 Å². The fourth-order valence-corrected chi connectivity index (χ4v) is 4.08. The maximum Gasteiger partial charge on any atom is 0.277 e. The van der Waals surface area contributed by atoms with E-state index in [9.17, 15) is 24.4 Å². The van der Waals surface area contributed by atoms with Crippen molar-refractivity contribution in [3.8, 4) is 0 Å². The first-order chi connectivity index (χ1) is 14.1. The van der Waals surface area contributed by atoms with Crippen LogP contribution in [-0.4, -0.2) is 76.4 Å². The van der Waals surface area contributed by atoms with Crippen LogP contribution in [0.5, 0.6) is 0 Å². The summed E-state index contributed by atoms with van der Waals surface area (Å²) in [6, 6.07) is 3.42. The average molecular weight is 419 g/mol. The molecule has 8 nitrogen and oxygen atoms in total. The molecule has 3 heterocycles. The zero-order valence-electron chi connectivity index (χ0n) is 17.1. The second kappa shape index (κ2) is 7.72. The van der Waals surface area contributed by atoms with Gasteiger partial charge in [-0.1, -0.05) is 6.08 Å². The highest BCUT2D eigenvalue weighted by Crippen LogP contribution is 2.36. The van der Waals surface area contributed by atoms with E-state index in [4.69, 9.17) is 4.74 Å². The SMILES string of the molecule is CC(C)(O)[C@H](F)CN1Cc2cc([N+](=O)[O-])c(C3=CCN(C4COC4)CC3)cc2C1=O. The number of halogens is 1. The fraction of sp³-hybridized carbons (Fsp3) is 0.571. The molecule has 0 saturated carbocycles. The lowest BCUT2D eigenvalue weighted by Crippen LogP contribution is -2.50. The molecule has 3 aliphatic heterocycles. The lowest BCUT2D eigenvalue weighted by Gasteiger charge is -2.38. The minimum absolute atomic E-state index is 0.0330. The van der Waals surface area contributed by atoms with Gasteiger partial charge in [0.2, 0.25) is 0 Å². The Balaban J connectivity index is 1.60. The zero-order valence-corrected chi connectivity index (χ0v) is 17.1. The molecule has 0 aliphatic carbocycles. The molecule has 1 atom stereocenters. The first-order valence-corrected chi connectivity index (χ1v) is 10.1. The van der Waals surface area contributed by atoms with E-state index in [1.165, 1.54) is 24.8 Å². The van der Waals surface area contributed by atoms with Crippen LogP contribution in [0.4, 0.5) is 10.1 Å². The van der Waals surface area contributed by atoms with E-state index < -0.39 is 16.7 Å². The highest BCUT2D eigenvalue weighted by Gasteiger charge is 2.37. The van der Waals surface area contributed by atoms with Crippen LogP contribution < -0.4 is 0 Å². The van der Waals surface area contributed by atoms with Gasteiger partial charge in [0.1, 0.15) is 6.17 Å². The molecule has 0 unspecified atom stereocenters. The summed E-state index contributed by atoms with van der Waals surface area (Å²) in [7, 11) is 0. The van der Waals surface area contributed by atoms with Gasteiger partial charge in [0, 0.05) is 31.3 Å². The zero-order chi connectivity index (χ0) is 21.6. The molecule has 0 spiro atoms. The summed E-state index contributed by atoms with van der Waals surface area (Å²) < 4.78 is 19.5. The smallest absolute Gasteiger partial charge is 0.277 e. The van der Waals surface area contributed by atoms with E-state index in [0.717, 1.165) is 12.1 Å². The second-order valence-corrected chi connectivity index (χ2v) is 8.76. The van der Waals surface area contributed by atoms with Gasteiger partial charge in [0.25, 0.3) is 11.6 Å². The summed E-state index contributed by atoms with van der Waals surface area (Å²) >= 11 is 0. The van der Waals surface area contributed by atoms with Gasteiger partial charge in [-0.05, 0) is 37.5 Å². The predicted octanol–water partition coefficient (Wildman–Crippen LogP) is 2.15. The molecule has 0 aromatic heterocycles. The molecule has 0 radical (unpaired) electrons. The van der Waals surface area contributed by atoms with Gasteiger partial charge in [-0.15, -0.1) is 0 Å². The van der Waals surface area contributed by atoms with Crippen molar-refractivity contribution in [3.05, 3.63) is 45.0 Å². The molecule has 1 amide bonds. The molecule has 30 heavy (non-hydrogen) atoms. The van der Waals surface area contributed by atoms with Crippen molar-refractivity contribution in [1.29, 1.82) is 0 Å². The number of fused-ring (bicyclic) bond motifs is 1. The number of hydrogen-bond acceptors (Lipinski definition) is 6. The number of carbonyl (C=O) groups excluding carboxylic acids is 1. The van der Waals surface area contributed by atoms with Crippen molar-refractivity contribution in [1.82, 2.24) is 9.80 Å². The molecule has 1 fully saturated rings. The van der Waals surface area contributed by atoms with E-state index in [0.29, 0.717) is 48.9 Å². The normalized spacial score (nSPS) is 21.3. The van der Waals surface area contributed by atoms with Gasteiger partial charge in [0.05, 0.1) is 41.9 Å². The third-order valence-electron chi connectivity index (χ3n) is 6.17. The Morgan fingerprint density at radius 2 is 2.10 bits per heavy atom. The van der Waals surface area contributed by atoms with E-state index >= 15 is 0 Å². The monoisotopic (exact) mass is 419 g/mol. The summed E-state index contributed by atoms with van der Waals surface area (Å²) in [6.45, 7) is 5.43. The van der Waals surface area contributed by atoms with Crippen LogP contribution >= 0.6 is 0 Å². The summed E-state index contributed by atoms with van der Waals surface area (Å²) in [4.78, 5) is 27.7. The highest BCUT2D eigenvalue weighted by atomic mass is 19.1. The maximum absolute atomic E-state index is 14.3. The van der Waals surface area contributed by atoms with Crippen molar-refractivity contribution in [2.45, 2.75) is 44.6 Å². The number of rotatable bonds is 6. The standard InChI is InChI=1S/C21H26FN3O5/c1-21(2,27)19(22)10-24-9-14-7-18(25(28)29)16(8-17(14)20(24)26)13-3-5-23(6-4-13)15-11-30-12-15/h3,7-8,15,19,27H,4-6,9-12H2,1-2H3/t19-/m1/s1. The lowest BCUT2D eigenvalue weighted by molar-refractivity contribution is -0.385. The lowest BCUT2D eigenvalue weighted by atomic mass is 9.93. The van der Waals surface area contributed by atoms with Gasteiger partial charge in [-0.3, -0.25) is 19.8 Å². The Morgan fingerprint density at radius 3 is 2.63 bits per heavy atom. The van der Waals surface area contributed by atoms with Crippen molar-refractivity contribution in [3.63, 3.8) is 0 Å². The second-order valence-electron chi connectivity index (χ2n) is 8.76. The van der Waals surface area contributed by atoms with Gasteiger partial charge >= 0.3 is 0 Å². The van der Waals surface area contributed by atoms with Gasteiger partial charge < -0.3 is 14.7 Å². The quantitative estimate of drug-likeness (QED) is 0.561. The average Bonchev–Trinajstić information content (AvgIpc) is 2.94. The van der Waals surface area contributed by atoms with Crippen LogP contribution in [0, 0.1) is 10.1 Å². The Labute approximate surface area is 174 Å². The number of hydrogen-bond donors (Lipinski definition) is 1. The van der Waals surface area contributed by atoms with E-state index in [2.05, 4.69) is 4.90 Å². The molecular formula is C21H26FN3O5. The third kappa shape index (κ3) is 3.84. The number of nitro benzene ring substituents is 1. The van der Waals surface area contributed by atoms with E-state index in [1.807, 2.05) is 6.08 Å². The molecule has 1 N–H and O–H groups in total. The molecule has 162 valence electrons. The number of aliphatic hydroxyl groups is 1. The van der Waals surface area contributed by atoms with Crippen LogP contribution in [0.2, 0.25) is 0 Å². The van der Waals surface area contributed by atoms with Crippen LogP contribution in [0.1, 0.15) is 41.8 Å². The summed E-state index contributed by atoms with van der Waals surface area (Å²) in [5.74, 6) is -0.363. The highest BCUT2D eigenvalue weighted by molar-refractivity contribution is 6.00. The van der Waals surface area contributed by atoms with Gasteiger partial charge in [-0.2, -0.15) is 0 Å². The number of amides is 1. The number of benzene rings is 1. The third-order valence-corrected chi connectivity index (χ3v) is 6.17. The number of nitro groups is 1. The summed E-state index contributed by atoms with van der Waals surface area (Å²) in [6.07, 6.45) is 1.02. The van der Waals surface area contributed by atoms with Crippen molar-refractivity contribution in [2.75, 3.05) is 32.8 Å². The minimum atomic E-state index is -1.62. The molecule has 1 aromatic rings.